The molecule has 0 saturated heterocycles. The summed E-state index contributed by atoms with van der Waals surface area (Å²) in [6.07, 6.45) is 5.97. The molecule has 0 unspecified atom stereocenters. The molecule has 2 fully saturated rings. The number of hydrogen-bond donors (Lipinski definition) is 2. The molecule has 2 aliphatic rings. The first-order valence-corrected chi connectivity index (χ1v) is 10.2. The molecular formula is C17H22N4O3S. The fourth-order valence-corrected chi connectivity index (χ4v) is 4.36. The fraction of sp³-hybridized carbons (Fsp3) is 0.529. The zero-order valence-corrected chi connectivity index (χ0v) is 14.8. The van der Waals surface area contributed by atoms with Crippen LogP contribution in [0.2, 0.25) is 0 Å². The topological polar surface area (TPSA) is 111 Å². The minimum atomic E-state index is -3.53. The lowest BCUT2D eigenvalue weighted by molar-refractivity contribution is 0.372. The highest BCUT2D eigenvalue weighted by Crippen LogP contribution is 2.35. The van der Waals surface area contributed by atoms with Crippen molar-refractivity contribution in [1.29, 1.82) is 0 Å². The monoisotopic (exact) mass is 362 g/mol. The van der Waals surface area contributed by atoms with Crippen molar-refractivity contribution in [2.45, 2.75) is 49.0 Å². The highest BCUT2D eigenvalue weighted by Gasteiger charge is 2.36. The van der Waals surface area contributed by atoms with Gasteiger partial charge in [-0.25, -0.2) is 13.1 Å². The maximum absolute atomic E-state index is 12.4. The third-order valence-electron chi connectivity index (χ3n) is 5.02. The predicted octanol–water partition coefficient (Wildman–Crippen LogP) is 2.15. The highest BCUT2D eigenvalue weighted by atomic mass is 32.2. The standard InChI is InChI=1S/C17H22N4O3S/c18-17(8-1-2-9-17)16-20-15(24-21-16)13-4-3-5-14(10-13)25(22,23)19-11-12-6-7-12/h3-5,10,12,19H,1-2,6-9,11,18H2. The average Bonchev–Trinajstić information content (AvgIpc) is 3.10. The van der Waals surface area contributed by atoms with Gasteiger partial charge in [-0.2, -0.15) is 4.98 Å². The SMILES string of the molecule is NC1(c2noc(-c3cccc(S(=O)(=O)NCC4CC4)c3)n2)CCCC1. The van der Waals surface area contributed by atoms with E-state index < -0.39 is 15.6 Å². The zero-order valence-electron chi connectivity index (χ0n) is 13.9. The number of nitrogens with one attached hydrogen (secondary N) is 1. The molecular weight excluding hydrogens is 340 g/mol. The van der Waals surface area contributed by atoms with Crippen molar-refractivity contribution < 1.29 is 12.9 Å². The maximum Gasteiger partial charge on any atom is 0.258 e. The predicted molar refractivity (Wildman–Crippen MR) is 92.0 cm³/mol. The van der Waals surface area contributed by atoms with Gasteiger partial charge in [0.05, 0.1) is 10.4 Å². The van der Waals surface area contributed by atoms with Crippen molar-refractivity contribution >= 4 is 10.0 Å². The van der Waals surface area contributed by atoms with Crippen LogP contribution in [0.5, 0.6) is 0 Å². The van der Waals surface area contributed by atoms with E-state index >= 15 is 0 Å². The lowest BCUT2D eigenvalue weighted by Crippen LogP contribution is -2.34. The summed E-state index contributed by atoms with van der Waals surface area (Å²) in [4.78, 5) is 4.63. The Kier molecular flexibility index (Phi) is 4.13. The Morgan fingerprint density at radius 3 is 2.76 bits per heavy atom. The number of nitrogens with zero attached hydrogens (tertiary/aromatic N) is 2. The van der Waals surface area contributed by atoms with Crippen molar-refractivity contribution in [3.05, 3.63) is 30.1 Å². The minimum Gasteiger partial charge on any atom is -0.334 e. The van der Waals surface area contributed by atoms with E-state index in [2.05, 4.69) is 14.9 Å². The lowest BCUT2D eigenvalue weighted by atomic mass is 9.99. The number of nitrogens with two attached hydrogens (primary N) is 1. The summed E-state index contributed by atoms with van der Waals surface area (Å²) in [7, 11) is -3.53. The van der Waals surface area contributed by atoms with Gasteiger partial charge in [-0.15, -0.1) is 0 Å². The second kappa shape index (κ2) is 6.19. The first-order chi connectivity index (χ1) is 12.0. The molecule has 0 spiro atoms. The molecule has 8 heteroatoms. The normalized spacial score (nSPS) is 20.0. The second-order valence-corrected chi connectivity index (χ2v) is 8.88. The number of benzene rings is 1. The van der Waals surface area contributed by atoms with Crippen LogP contribution in [0.15, 0.2) is 33.7 Å². The molecule has 0 aliphatic heterocycles. The largest absolute Gasteiger partial charge is 0.334 e. The average molecular weight is 362 g/mol. The van der Waals surface area contributed by atoms with E-state index in [1.165, 1.54) is 0 Å². The Morgan fingerprint density at radius 1 is 1.28 bits per heavy atom. The van der Waals surface area contributed by atoms with Gasteiger partial charge in [0.1, 0.15) is 0 Å². The van der Waals surface area contributed by atoms with Crippen LogP contribution in [0.1, 0.15) is 44.3 Å². The first kappa shape index (κ1) is 16.7. The fourth-order valence-electron chi connectivity index (χ4n) is 3.20. The van der Waals surface area contributed by atoms with E-state index in [4.69, 9.17) is 10.3 Å². The van der Waals surface area contributed by atoms with Gasteiger partial charge in [0.15, 0.2) is 5.82 Å². The van der Waals surface area contributed by atoms with Gasteiger partial charge in [0.2, 0.25) is 10.0 Å². The summed E-state index contributed by atoms with van der Waals surface area (Å²) in [5.41, 5.74) is 6.40. The Labute approximate surface area is 147 Å². The van der Waals surface area contributed by atoms with E-state index in [-0.39, 0.29) is 4.90 Å². The smallest absolute Gasteiger partial charge is 0.258 e. The number of rotatable bonds is 6. The van der Waals surface area contributed by atoms with Gasteiger partial charge in [-0.3, -0.25) is 0 Å². The van der Waals surface area contributed by atoms with Crippen LogP contribution in [0, 0.1) is 5.92 Å². The van der Waals surface area contributed by atoms with E-state index in [9.17, 15) is 8.42 Å². The molecule has 1 heterocycles. The van der Waals surface area contributed by atoms with Crippen LogP contribution in [0.3, 0.4) is 0 Å². The van der Waals surface area contributed by atoms with Gasteiger partial charge in [-0.05, 0) is 49.8 Å². The second-order valence-electron chi connectivity index (χ2n) is 7.11. The Hall–Kier alpha value is -1.77. The number of sulfonamides is 1. The van der Waals surface area contributed by atoms with Crippen molar-refractivity contribution in [2.24, 2.45) is 11.7 Å². The molecule has 3 N–H and O–H groups in total. The Morgan fingerprint density at radius 2 is 2.04 bits per heavy atom. The maximum atomic E-state index is 12.4. The summed E-state index contributed by atoms with van der Waals surface area (Å²) in [6, 6.07) is 6.56. The van der Waals surface area contributed by atoms with Crippen LogP contribution in [-0.4, -0.2) is 25.1 Å². The first-order valence-electron chi connectivity index (χ1n) is 8.69. The van der Waals surface area contributed by atoms with E-state index in [1.54, 1.807) is 24.3 Å². The molecule has 4 rings (SSSR count). The third-order valence-corrected chi connectivity index (χ3v) is 6.44. The molecule has 134 valence electrons. The molecule has 0 radical (unpaired) electrons. The van der Waals surface area contributed by atoms with Crippen molar-refractivity contribution in [2.75, 3.05) is 6.54 Å². The Balaban J connectivity index is 1.58. The molecule has 25 heavy (non-hydrogen) atoms. The Bertz CT molecular complexity index is 868. The van der Waals surface area contributed by atoms with Gasteiger partial charge < -0.3 is 10.3 Å². The quantitative estimate of drug-likeness (QED) is 0.814. The molecule has 0 atom stereocenters. The van der Waals surface area contributed by atoms with Crippen LogP contribution >= 0.6 is 0 Å². The van der Waals surface area contributed by atoms with Crippen LogP contribution in [0.4, 0.5) is 0 Å². The molecule has 0 amide bonds. The highest BCUT2D eigenvalue weighted by molar-refractivity contribution is 7.89. The number of aromatic nitrogens is 2. The molecule has 1 aromatic heterocycles. The van der Waals surface area contributed by atoms with Crippen LogP contribution in [-0.2, 0) is 15.6 Å². The summed E-state index contributed by atoms with van der Waals surface area (Å²) in [6.45, 7) is 0.493. The molecule has 1 aromatic carbocycles. The summed E-state index contributed by atoms with van der Waals surface area (Å²) < 4.78 is 32.8. The minimum absolute atomic E-state index is 0.203. The van der Waals surface area contributed by atoms with Crippen LogP contribution in [0.25, 0.3) is 11.5 Å². The number of hydrogen-bond acceptors (Lipinski definition) is 6. The van der Waals surface area contributed by atoms with Crippen molar-refractivity contribution in [3.63, 3.8) is 0 Å². The van der Waals surface area contributed by atoms with Crippen molar-refractivity contribution in [1.82, 2.24) is 14.9 Å². The van der Waals surface area contributed by atoms with Gasteiger partial charge in [0.25, 0.3) is 5.89 Å². The molecule has 2 aromatic rings. The molecule has 2 saturated carbocycles. The van der Waals surface area contributed by atoms with Gasteiger partial charge in [-0.1, -0.05) is 24.1 Å². The molecule has 2 aliphatic carbocycles. The molecule has 0 bridgehead atoms. The van der Waals surface area contributed by atoms with E-state index in [0.717, 1.165) is 38.5 Å². The van der Waals surface area contributed by atoms with E-state index in [1.807, 2.05) is 0 Å². The lowest BCUT2D eigenvalue weighted by Gasteiger charge is -2.17. The third kappa shape index (κ3) is 3.47. The van der Waals surface area contributed by atoms with Gasteiger partial charge in [0, 0.05) is 12.1 Å². The van der Waals surface area contributed by atoms with E-state index in [0.29, 0.717) is 29.7 Å². The van der Waals surface area contributed by atoms with Gasteiger partial charge >= 0.3 is 0 Å². The summed E-state index contributed by atoms with van der Waals surface area (Å²) in [5.74, 6) is 1.27. The van der Waals surface area contributed by atoms with Crippen LogP contribution < -0.4 is 10.5 Å². The van der Waals surface area contributed by atoms with Crippen molar-refractivity contribution in [3.8, 4) is 11.5 Å². The molecule has 7 nitrogen and oxygen atoms in total. The summed E-state index contributed by atoms with van der Waals surface area (Å²) >= 11 is 0. The summed E-state index contributed by atoms with van der Waals surface area (Å²) in [5, 5.41) is 4.03. The zero-order chi connectivity index (χ0) is 17.5.